The number of hydrogen-bond acceptors (Lipinski definition) is 3. The van der Waals surface area contributed by atoms with Gasteiger partial charge in [-0.2, -0.15) is 0 Å². The molecule has 0 saturated carbocycles. The summed E-state index contributed by atoms with van der Waals surface area (Å²) in [7, 11) is 0. The maximum absolute atomic E-state index is 3.78. The summed E-state index contributed by atoms with van der Waals surface area (Å²) < 4.78 is 0. The molecule has 0 spiro atoms. The maximum Gasteiger partial charge on any atom is 0.0267 e. The fourth-order valence-corrected chi connectivity index (χ4v) is 0.916. The number of aromatic nitrogens is 1. The molecule has 0 radical (unpaired) electrons. The Morgan fingerprint density at radius 1 is 0.769 bits per heavy atom. The summed E-state index contributed by atoms with van der Waals surface area (Å²) in [4.78, 5) is 3.78. The van der Waals surface area contributed by atoms with Crippen molar-refractivity contribution in [2.24, 2.45) is 0 Å². The minimum Gasteiger partial charge on any atom is -0.314 e. The van der Waals surface area contributed by atoms with E-state index >= 15 is 0 Å². The number of pyridine rings is 1. The van der Waals surface area contributed by atoms with Crippen molar-refractivity contribution in [3.63, 3.8) is 0 Å². The first-order valence-electron chi connectivity index (χ1n) is 4.26. The van der Waals surface area contributed by atoms with Crippen LogP contribution in [0.5, 0.6) is 0 Å². The molecule has 0 bridgehead atoms. The van der Waals surface area contributed by atoms with Crippen LogP contribution in [0.1, 0.15) is 0 Å². The molecule has 1 fully saturated rings. The normalized spacial score (nSPS) is 14.8. The van der Waals surface area contributed by atoms with E-state index in [1.807, 2.05) is 18.2 Å². The molecular formula is C9H16ClN3. The van der Waals surface area contributed by atoms with Gasteiger partial charge in [0.05, 0.1) is 0 Å². The Morgan fingerprint density at radius 2 is 1.23 bits per heavy atom. The van der Waals surface area contributed by atoms with E-state index in [0.29, 0.717) is 0 Å². The third kappa shape index (κ3) is 7.71. The molecule has 0 aliphatic carbocycles. The Hall–Kier alpha value is -0.640. The van der Waals surface area contributed by atoms with Gasteiger partial charge in [0.2, 0.25) is 0 Å². The van der Waals surface area contributed by atoms with E-state index in [4.69, 9.17) is 0 Å². The van der Waals surface area contributed by atoms with Gasteiger partial charge in [0.1, 0.15) is 0 Å². The van der Waals surface area contributed by atoms with Crippen LogP contribution in [0, 0.1) is 0 Å². The highest BCUT2D eigenvalue weighted by Crippen LogP contribution is 1.73. The van der Waals surface area contributed by atoms with E-state index in [1.54, 1.807) is 12.4 Å². The Balaban J connectivity index is 0.000000206. The van der Waals surface area contributed by atoms with Gasteiger partial charge in [-0.05, 0) is 12.1 Å². The lowest BCUT2D eigenvalue weighted by Crippen LogP contribution is -2.39. The monoisotopic (exact) mass is 201 g/mol. The third-order valence-corrected chi connectivity index (χ3v) is 1.52. The van der Waals surface area contributed by atoms with Crippen LogP contribution in [0.2, 0.25) is 0 Å². The summed E-state index contributed by atoms with van der Waals surface area (Å²) in [5.74, 6) is 0. The highest BCUT2D eigenvalue weighted by Gasteiger charge is 1.91. The lowest BCUT2D eigenvalue weighted by molar-refractivity contribution is 0.534. The molecule has 2 rings (SSSR count). The summed E-state index contributed by atoms with van der Waals surface area (Å²) in [5.41, 5.74) is 0. The molecule has 0 unspecified atom stereocenters. The van der Waals surface area contributed by atoms with Crippen LogP contribution in [-0.4, -0.2) is 31.2 Å². The van der Waals surface area contributed by atoms with Gasteiger partial charge in [0.15, 0.2) is 0 Å². The lowest BCUT2D eigenvalue weighted by atomic mass is 10.4. The number of rotatable bonds is 0. The van der Waals surface area contributed by atoms with Gasteiger partial charge in [-0.1, -0.05) is 6.07 Å². The number of nitrogens with one attached hydrogen (secondary N) is 2. The fraction of sp³-hybridized carbons (Fsp3) is 0.444. The molecule has 1 aliphatic heterocycles. The zero-order valence-corrected chi connectivity index (χ0v) is 8.39. The van der Waals surface area contributed by atoms with Gasteiger partial charge in [-0.15, -0.1) is 12.4 Å². The fourth-order valence-electron chi connectivity index (χ4n) is 0.916. The summed E-state index contributed by atoms with van der Waals surface area (Å²) in [6, 6.07) is 5.72. The molecule has 4 heteroatoms. The average molecular weight is 202 g/mol. The zero-order valence-electron chi connectivity index (χ0n) is 7.57. The molecule has 0 amide bonds. The van der Waals surface area contributed by atoms with E-state index in [0.717, 1.165) is 26.2 Å². The molecule has 13 heavy (non-hydrogen) atoms. The van der Waals surface area contributed by atoms with Crippen LogP contribution < -0.4 is 10.6 Å². The summed E-state index contributed by atoms with van der Waals surface area (Å²) in [6.45, 7) is 4.56. The van der Waals surface area contributed by atoms with E-state index in [2.05, 4.69) is 15.6 Å². The largest absolute Gasteiger partial charge is 0.314 e. The van der Waals surface area contributed by atoms with Gasteiger partial charge >= 0.3 is 0 Å². The van der Waals surface area contributed by atoms with Gasteiger partial charge in [-0.3, -0.25) is 4.98 Å². The Labute approximate surface area is 85.4 Å². The number of hydrogen-bond donors (Lipinski definition) is 2. The lowest BCUT2D eigenvalue weighted by Gasteiger charge is -2.11. The van der Waals surface area contributed by atoms with Crippen molar-refractivity contribution in [3.05, 3.63) is 30.6 Å². The molecular weight excluding hydrogens is 186 g/mol. The number of halogens is 1. The molecule has 1 aromatic rings. The predicted molar refractivity (Wildman–Crippen MR) is 57.2 cm³/mol. The van der Waals surface area contributed by atoms with E-state index in [-0.39, 0.29) is 12.4 Å². The van der Waals surface area contributed by atoms with Gasteiger partial charge in [-0.25, -0.2) is 0 Å². The zero-order chi connectivity index (χ0) is 8.49. The van der Waals surface area contributed by atoms with Crippen LogP contribution in [0.15, 0.2) is 30.6 Å². The molecule has 1 aliphatic rings. The second kappa shape index (κ2) is 9.45. The van der Waals surface area contributed by atoms with Gasteiger partial charge in [0, 0.05) is 38.6 Å². The van der Waals surface area contributed by atoms with E-state index in [9.17, 15) is 0 Å². The first kappa shape index (κ1) is 12.4. The molecule has 0 atom stereocenters. The van der Waals surface area contributed by atoms with Crippen LogP contribution >= 0.6 is 12.4 Å². The topological polar surface area (TPSA) is 37.0 Å². The minimum absolute atomic E-state index is 0. The van der Waals surface area contributed by atoms with Crippen LogP contribution in [0.3, 0.4) is 0 Å². The summed E-state index contributed by atoms with van der Waals surface area (Å²) in [6.07, 6.45) is 3.50. The smallest absolute Gasteiger partial charge is 0.0267 e. The standard InChI is InChI=1S/C5H5N.C4H10N2.ClH/c1-2-4-6-5-3-1;1-2-6-4-3-5-1;/h1-5H;5-6H,1-4H2;1H. The van der Waals surface area contributed by atoms with Crippen molar-refractivity contribution in [2.45, 2.75) is 0 Å². The molecule has 2 N–H and O–H groups in total. The van der Waals surface area contributed by atoms with Gasteiger partial charge < -0.3 is 10.6 Å². The van der Waals surface area contributed by atoms with Crippen molar-refractivity contribution in [1.82, 2.24) is 15.6 Å². The Kier molecular flexibility index (Phi) is 8.98. The molecule has 3 nitrogen and oxygen atoms in total. The Bertz CT molecular complexity index is 139. The van der Waals surface area contributed by atoms with Gasteiger partial charge in [0.25, 0.3) is 0 Å². The van der Waals surface area contributed by atoms with Crippen LogP contribution in [0.4, 0.5) is 0 Å². The number of piperazine rings is 1. The SMILES string of the molecule is C1CNCCN1.Cl.c1ccncc1. The molecule has 74 valence electrons. The van der Waals surface area contributed by atoms with Crippen molar-refractivity contribution in [1.29, 1.82) is 0 Å². The molecule has 2 heterocycles. The second-order valence-corrected chi connectivity index (χ2v) is 2.52. The van der Waals surface area contributed by atoms with E-state index < -0.39 is 0 Å². The number of nitrogens with zero attached hydrogens (tertiary/aromatic N) is 1. The van der Waals surface area contributed by atoms with Crippen LogP contribution in [0.25, 0.3) is 0 Å². The Morgan fingerprint density at radius 3 is 1.38 bits per heavy atom. The van der Waals surface area contributed by atoms with Crippen molar-refractivity contribution < 1.29 is 0 Å². The highest BCUT2D eigenvalue weighted by molar-refractivity contribution is 5.85. The summed E-state index contributed by atoms with van der Waals surface area (Å²) >= 11 is 0. The predicted octanol–water partition coefficient (Wildman–Crippen LogP) is 0.683. The third-order valence-electron chi connectivity index (χ3n) is 1.52. The quantitative estimate of drug-likeness (QED) is 0.649. The minimum atomic E-state index is 0. The maximum atomic E-state index is 3.78. The van der Waals surface area contributed by atoms with Crippen molar-refractivity contribution in [3.8, 4) is 0 Å². The highest BCUT2D eigenvalue weighted by atomic mass is 35.5. The van der Waals surface area contributed by atoms with Crippen molar-refractivity contribution >= 4 is 12.4 Å². The first-order chi connectivity index (χ1) is 6.00. The molecule has 0 aromatic carbocycles. The first-order valence-corrected chi connectivity index (χ1v) is 4.26. The molecule has 1 aromatic heterocycles. The van der Waals surface area contributed by atoms with E-state index in [1.165, 1.54) is 0 Å². The average Bonchev–Trinajstić information content (AvgIpc) is 2.24. The van der Waals surface area contributed by atoms with Crippen molar-refractivity contribution in [2.75, 3.05) is 26.2 Å². The molecule has 1 saturated heterocycles. The summed E-state index contributed by atoms with van der Waals surface area (Å²) in [5, 5.41) is 6.44. The second-order valence-electron chi connectivity index (χ2n) is 2.52. The van der Waals surface area contributed by atoms with Crippen LogP contribution in [-0.2, 0) is 0 Å².